The van der Waals surface area contributed by atoms with E-state index in [0.717, 1.165) is 5.56 Å². The monoisotopic (exact) mass is 410 g/mol. The van der Waals surface area contributed by atoms with E-state index in [1.54, 1.807) is 24.3 Å². The molecule has 0 atom stereocenters. The minimum absolute atomic E-state index is 0.113. The number of halogens is 1. The summed E-state index contributed by atoms with van der Waals surface area (Å²) in [5.41, 5.74) is 1.02. The summed E-state index contributed by atoms with van der Waals surface area (Å²) in [7, 11) is -3.62. The first-order chi connectivity index (χ1) is 12.9. The molecule has 0 saturated carbocycles. The minimum atomic E-state index is -3.62. The third-order valence-corrected chi connectivity index (χ3v) is 5.47. The van der Waals surface area contributed by atoms with Gasteiger partial charge in [-0.1, -0.05) is 23.7 Å². The van der Waals surface area contributed by atoms with Crippen LogP contribution in [0, 0.1) is 0 Å². The average Bonchev–Trinajstić information content (AvgIpc) is 2.65. The third-order valence-electron chi connectivity index (χ3n) is 3.74. The van der Waals surface area contributed by atoms with Crippen LogP contribution in [-0.2, 0) is 21.2 Å². The zero-order valence-electron chi connectivity index (χ0n) is 15.1. The first kappa shape index (κ1) is 21.2. The third kappa shape index (κ3) is 7.21. The van der Waals surface area contributed by atoms with E-state index in [0.29, 0.717) is 30.2 Å². The molecule has 0 heterocycles. The fraction of sp³-hybridized carbons (Fsp3) is 0.316. The van der Waals surface area contributed by atoms with Gasteiger partial charge < -0.3 is 10.1 Å². The van der Waals surface area contributed by atoms with Crippen LogP contribution in [0.1, 0.15) is 18.9 Å². The molecule has 2 aromatic rings. The maximum Gasteiger partial charge on any atom is 0.240 e. The van der Waals surface area contributed by atoms with Gasteiger partial charge in [0.05, 0.1) is 11.5 Å². The molecule has 0 radical (unpaired) electrons. The number of ether oxygens (including phenoxy) is 1. The molecule has 0 bridgehead atoms. The number of aryl methyl sites for hydroxylation is 1. The van der Waals surface area contributed by atoms with Crippen molar-refractivity contribution in [1.82, 2.24) is 10.0 Å². The highest BCUT2D eigenvalue weighted by Gasteiger charge is 2.13. The summed E-state index contributed by atoms with van der Waals surface area (Å²) in [5, 5.41) is 3.36. The van der Waals surface area contributed by atoms with Crippen LogP contribution in [0.3, 0.4) is 0 Å². The zero-order valence-corrected chi connectivity index (χ0v) is 16.6. The van der Waals surface area contributed by atoms with Gasteiger partial charge >= 0.3 is 0 Å². The number of carbonyl (C=O) groups excluding carboxylic acids is 1. The van der Waals surface area contributed by atoms with Crippen LogP contribution in [0.2, 0.25) is 5.02 Å². The first-order valence-electron chi connectivity index (χ1n) is 8.64. The number of benzene rings is 2. The fourth-order valence-electron chi connectivity index (χ4n) is 2.35. The second-order valence-corrected chi connectivity index (χ2v) is 7.98. The van der Waals surface area contributed by atoms with Crippen LogP contribution in [0.5, 0.6) is 5.75 Å². The van der Waals surface area contributed by atoms with Crippen LogP contribution in [0.4, 0.5) is 0 Å². The average molecular weight is 411 g/mol. The SMILES string of the molecule is CCOc1ccc(S(=O)(=O)NCCNC(=O)CCc2ccc(Cl)cc2)cc1. The van der Waals surface area contributed by atoms with Crippen molar-refractivity contribution < 1.29 is 17.9 Å². The highest BCUT2D eigenvalue weighted by molar-refractivity contribution is 7.89. The van der Waals surface area contributed by atoms with E-state index in [4.69, 9.17) is 16.3 Å². The second-order valence-electron chi connectivity index (χ2n) is 5.78. The van der Waals surface area contributed by atoms with Crippen molar-refractivity contribution in [3.8, 4) is 5.75 Å². The van der Waals surface area contributed by atoms with Crippen molar-refractivity contribution in [3.63, 3.8) is 0 Å². The highest BCUT2D eigenvalue weighted by atomic mass is 35.5. The summed E-state index contributed by atoms with van der Waals surface area (Å²) < 4.78 is 32.2. The molecular formula is C19H23ClN2O4S. The first-order valence-corrected chi connectivity index (χ1v) is 10.5. The van der Waals surface area contributed by atoms with Crippen molar-refractivity contribution in [2.45, 2.75) is 24.7 Å². The Balaban J connectivity index is 1.71. The van der Waals surface area contributed by atoms with Crippen LogP contribution >= 0.6 is 11.6 Å². The molecule has 0 aromatic heterocycles. The molecule has 146 valence electrons. The molecule has 8 heteroatoms. The van der Waals surface area contributed by atoms with E-state index in [1.165, 1.54) is 12.1 Å². The molecule has 2 rings (SSSR count). The Labute approximate surface area is 164 Å². The molecule has 1 amide bonds. The van der Waals surface area contributed by atoms with Gasteiger partial charge in [-0.2, -0.15) is 0 Å². The van der Waals surface area contributed by atoms with E-state index >= 15 is 0 Å². The Kier molecular flexibility index (Phi) is 8.09. The van der Waals surface area contributed by atoms with Crippen molar-refractivity contribution in [2.24, 2.45) is 0 Å². The lowest BCUT2D eigenvalue weighted by atomic mass is 10.1. The Bertz CT molecular complexity index is 837. The number of hydrogen-bond acceptors (Lipinski definition) is 4. The molecule has 0 spiro atoms. The summed E-state index contributed by atoms with van der Waals surface area (Å²) in [6.45, 7) is 2.70. The van der Waals surface area contributed by atoms with E-state index in [-0.39, 0.29) is 23.9 Å². The fourth-order valence-corrected chi connectivity index (χ4v) is 3.51. The van der Waals surface area contributed by atoms with Crippen LogP contribution < -0.4 is 14.8 Å². The van der Waals surface area contributed by atoms with E-state index in [2.05, 4.69) is 10.0 Å². The predicted molar refractivity (Wildman–Crippen MR) is 106 cm³/mol. The maximum absolute atomic E-state index is 12.2. The summed E-state index contributed by atoms with van der Waals surface area (Å²) in [4.78, 5) is 12.0. The van der Waals surface area contributed by atoms with Crippen LogP contribution in [0.25, 0.3) is 0 Å². The van der Waals surface area contributed by atoms with Crippen molar-refractivity contribution in [3.05, 3.63) is 59.1 Å². The molecule has 2 aromatic carbocycles. The number of rotatable bonds is 10. The second kappa shape index (κ2) is 10.3. The number of sulfonamides is 1. The number of carbonyl (C=O) groups is 1. The molecule has 0 fully saturated rings. The van der Waals surface area contributed by atoms with Crippen LogP contribution in [0.15, 0.2) is 53.4 Å². The summed E-state index contributed by atoms with van der Waals surface area (Å²) in [5.74, 6) is 0.481. The lowest BCUT2D eigenvalue weighted by Crippen LogP contribution is -2.34. The Morgan fingerprint density at radius 2 is 1.70 bits per heavy atom. The Morgan fingerprint density at radius 3 is 2.33 bits per heavy atom. The molecule has 0 aliphatic rings. The lowest BCUT2D eigenvalue weighted by Gasteiger charge is -2.09. The minimum Gasteiger partial charge on any atom is -0.494 e. The van der Waals surface area contributed by atoms with E-state index < -0.39 is 10.0 Å². The van der Waals surface area contributed by atoms with E-state index in [9.17, 15) is 13.2 Å². The number of amides is 1. The molecule has 0 saturated heterocycles. The summed E-state index contributed by atoms with van der Waals surface area (Å²) >= 11 is 5.82. The van der Waals surface area contributed by atoms with Crippen LogP contribution in [-0.4, -0.2) is 34.0 Å². The summed E-state index contributed by atoms with van der Waals surface area (Å²) in [6.07, 6.45) is 0.925. The van der Waals surface area contributed by atoms with Gasteiger partial charge in [0.15, 0.2) is 0 Å². The van der Waals surface area contributed by atoms with Gasteiger partial charge in [-0.25, -0.2) is 13.1 Å². The van der Waals surface area contributed by atoms with Crippen molar-refractivity contribution >= 4 is 27.5 Å². The standard InChI is InChI=1S/C19H23ClN2O4S/c1-2-26-17-8-10-18(11-9-17)27(24,25)22-14-13-21-19(23)12-5-15-3-6-16(20)7-4-15/h3-4,6-11,22H,2,5,12-14H2,1H3,(H,21,23). The Morgan fingerprint density at radius 1 is 1.04 bits per heavy atom. The highest BCUT2D eigenvalue weighted by Crippen LogP contribution is 2.15. The molecule has 27 heavy (non-hydrogen) atoms. The molecule has 2 N–H and O–H groups in total. The maximum atomic E-state index is 12.2. The van der Waals surface area contributed by atoms with Crippen molar-refractivity contribution in [2.75, 3.05) is 19.7 Å². The largest absolute Gasteiger partial charge is 0.494 e. The molecule has 0 unspecified atom stereocenters. The predicted octanol–water partition coefficient (Wildman–Crippen LogP) is 2.77. The van der Waals surface area contributed by atoms with Gasteiger partial charge in [-0.05, 0) is 55.3 Å². The number of hydrogen-bond donors (Lipinski definition) is 2. The van der Waals surface area contributed by atoms with Gasteiger partial charge in [0.1, 0.15) is 5.75 Å². The quantitative estimate of drug-likeness (QED) is 0.590. The smallest absolute Gasteiger partial charge is 0.240 e. The number of nitrogens with one attached hydrogen (secondary N) is 2. The van der Waals surface area contributed by atoms with Gasteiger partial charge in [0.25, 0.3) is 0 Å². The summed E-state index contributed by atoms with van der Waals surface area (Å²) in [6, 6.07) is 13.5. The van der Waals surface area contributed by atoms with Gasteiger partial charge in [-0.15, -0.1) is 0 Å². The zero-order chi connectivity index (χ0) is 19.7. The topological polar surface area (TPSA) is 84.5 Å². The van der Waals surface area contributed by atoms with Gasteiger partial charge in [-0.3, -0.25) is 4.79 Å². The van der Waals surface area contributed by atoms with Crippen molar-refractivity contribution in [1.29, 1.82) is 0 Å². The molecular weight excluding hydrogens is 388 g/mol. The Hall–Kier alpha value is -2.09. The molecule has 6 nitrogen and oxygen atoms in total. The van der Waals surface area contributed by atoms with E-state index in [1.807, 2.05) is 19.1 Å². The molecule has 0 aliphatic carbocycles. The lowest BCUT2D eigenvalue weighted by molar-refractivity contribution is -0.121. The molecule has 0 aliphatic heterocycles. The normalized spacial score (nSPS) is 11.2. The van der Waals surface area contributed by atoms with Gasteiger partial charge in [0, 0.05) is 24.5 Å². The van der Waals surface area contributed by atoms with Gasteiger partial charge in [0.2, 0.25) is 15.9 Å².